The minimum absolute atomic E-state index is 0.127. The third-order valence-corrected chi connectivity index (χ3v) is 6.20. The number of morpholine rings is 1. The summed E-state index contributed by atoms with van der Waals surface area (Å²) in [7, 11) is 0. The maximum absolute atomic E-state index is 13.4. The summed E-state index contributed by atoms with van der Waals surface area (Å²) < 4.78 is 7.67. The van der Waals surface area contributed by atoms with Crippen molar-refractivity contribution in [3.8, 4) is 0 Å². The Balaban J connectivity index is 1.45. The van der Waals surface area contributed by atoms with Gasteiger partial charge in [-0.1, -0.05) is 24.6 Å². The van der Waals surface area contributed by atoms with Crippen LogP contribution in [0.15, 0.2) is 30.3 Å². The Labute approximate surface area is 182 Å². The molecule has 2 aliphatic rings. The standard InChI is InChI=1S/C24H29N5O2/c1-17-15-19(22-23(25-17)29-10-6-2-3-9-21(29)27-22)24(30)26-20-8-5-4-7-18(20)16-28-11-13-31-14-12-28/h4-5,7-8,15H,2-3,6,9-14,16H2,1H3,(H,26,30). The SMILES string of the molecule is Cc1cc(C(=O)Nc2ccccc2CN2CCOCC2)c2nc3n(c2n1)CCCCC3. The second-order valence-corrected chi connectivity index (χ2v) is 8.47. The number of rotatable bonds is 4. The molecule has 1 amide bonds. The molecule has 0 atom stereocenters. The minimum atomic E-state index is -0.127. The van der Waals surface area contributed by atoms with E-state index in [2.05, 4.69) is 20.9 Å². The van der Waals surface area contributed by atoms with E-state index in [-0.39, 0.29) is 5.91 Å². The van der Waals surface area contributed by atoms with Gasteiger partial charge in [0.2, 0.25) is 0 Å². The van der Waals surface area contributed by atoms with Crippen LogP contribution in [0.5, 0.6) is 0 Å². The number of pyridine rings is 1. The van der Waals surface area contributed by atoms with Crippen molar-refractivity contribution in [3.63, 3.8) is 0 Å². The molecule has 0 saturated carbocycles. The van der Waals surface area contributed by atoms with E-state index in [1.54, 1.807) is 0 Å². The van der Waals surface area contributed by atoms with Crippen LogP contribution in [0.3, 0.4) is 0 Å². The third-order valence-electron chi connectivity index (χ3n) is 6.20. The number of fused-ring (bicyclic) bond motifs is 3. The highest BCUT2D eigenvalue weighted by Gasteiger charge is 2.22. The molecule has 0 bridgehead atoms. The summed E-state index contributed by atoms with van der Waals surface area (Å²) in [5.41, 5.74) is 4.95. The number of aromatic nitrogens is 3. The number of imidazole rings is 1. The number of nitrogens with zero attached hydrogens (tertiary/aromatic N) is 4. The van der Waals surface area contributed by atoms with Crippen LogP contribution in [-0.2, 0) is 24.2 Å². The van der Waals surface area contributed by atoms with Crippen LogP contribution in [0.1, 0.15) is 46.7 Å². The highest BCUT2D eigenvalue weighted by atomic mass is 16.5. The number of hydrogen-bond donors (Lipinski definition) is 1. The summed E-state index contributed by atoms with van der Waals surface area (Å²) in [6.45, 7) is 7.00. The number of carbonyl (C=O) groups is 1. The predicted octanol–water partition coefficient (Wildman–Crippen LogP) is 3.55. The van der Waals surface area contributed by atoms with Gasteiger partial charge in [-0.2, -0.15) is 0 Å². The smallest absolute Gasteiger partial charge is 0.258 e. The molecule has 1 N–H and O–H groups in total. The van der Waals surface area contributed by atoms with Gasteiger partial charge in [-0.25, -0.2) is 9.97 Å². The first kappa shape index (κ1) is 20.2. The topological polar surface area (TPSA) is 72.3 Å². The summed E-state index contributed by atoms with van der Waals surface area (Å²) in [5.74, 6) is 0.922. The quantitative estimate of drug-likeness (QED) is 0.700. The van der Waals surface area contributed by atoms with E-state index in [1.807, 2.05) is 31.2 Å². The van der Waals surface area contributed by atoms with E-state index in [0.29, 0.717) is 11.1 Å². The number of amides is 1. The van der Waals surface area contributed by atoms with Crippen LogP contribution in [0.2, 0.25) is 0 Å². The van der Waals surface area contributed by atoms with Crippen molar-refractivity contribution in [2.24, 2.45) is 0 Å². The normalized spacial score (nSPS) is 17.3. The fraction of sp³-hybridized carbons (Fsp3) is 0.458. The molecule has 3 aromatic rings. The lowest BCUT2D eigenvalue weighted by Crippen LogP contribution is -2.35. The Bertz CT molecular complexity index is 1100. The van der Waals surface area contributed by atoms with E-state index < -0.39 is 0 Å². The zero-order valence-electron chi connectivity index (χ0n) is 18.1. The van der Waals surface area contributed by atoms with Gasteiger partial charge in [0.05, 0.1) is 18.8 Å². The largest absolute Gasteiger partial charge is 0.379 e. The fourth-order valence-corrected chi connectivity index (χ4v) is 4.56. The Kier molecular flexibility index (Phi) is 5.70. The van der Waals surface area contributed by atoms with Crippen molar-refractivity contribution in [1.29, 1.82) is 0 Å². The Morgan fingerprint density at radius 3 is 2.81 bits per heavy atom. The van der Waals surface area contributed by atoms with Gasteiger partial charge >= 0.3 is 0 Å². The van der Waals surface area contributed by atoms with Gasteiger partial charge in [0, 0.05) is 44.0 Å². The van der Waals surface area contributed by atoms with Gasteiger partial charge < -0.3 is 14.6 Å². The molecule has 1 fully saturated rings. The zero-order chi connectivity index (χ0) is 21.2. The molecule has 162 valence electrons. The predicted molar refractivity (Wildman–Crippen MR) is 120 cm³/mol. The van der Waals surface area contributed by atoms with Crippen molar-refractivity contribution < 1.29 is 9.53 Å². The van der Waals surface area contributed by atoms with Crippen molar-refractivity contribution in [1.82, 2.24) is 19.4 Å². The lowest BCUT2D eigenvalue weighted by Gasteiger charge is -2.27. The van der Waals surface area contributed by atoms with Crippen molar-refractivity contribution in [2.75, 3.05) is 31.6 Å². The lowest BCUT2D eigenvalue weighted by molar-refractivity contribution is 0.0342. The summed E-state index contributed by atoms with van der Waals surface area (Å²) >= 11 is 0. The van der Waals surface area contributed by atoms with Crippen LogP contribution in [0.25, 0.3) is 11.2 Å². The Morgan fingerprint density at radius 1 is 1.10 bits per heavy atom. The van der Waals surface area contributed by atoms with Gasteiger partial charge in [-0.3, -0.25) is 9.69 Å². The Hall–Kier alpha value is -2.77. The highest BCUT2D eigenvalue weighted by molar-refractivity contribution is 6.11. The summed E-state index contributed by atoms with van der Waals surface area (Å²) in [6, 6.07) is 9.89. The fourth-order valence-electron chi connectivity index (χ4n) is 4.56. The molecule has 0 aliphatic carbocycles. The van der Waals surface area contributed by atoms with Crippen LogP contribution >= 0.6 is 0 Å². The van der Waals surface area contributed by atoms with Crippen LogP contribution in [0, 0.1) is 6.92 Å². The van der Waals surface area contributed by atoms with Crippen LogP contribution < -0.4 is 5.32 Å². The van der Waals surface area contributed by atoms with Crippen molar-refractivity contribution in [3.05, 3.63) is 53.0 Å². The molecule has 5 rings (SSSR count). The molecular weight excluding hydrogens is 390 g/mol. The maximum Gasteiger partial charge on any atom is 0.258 e. The third kappa shape index (κ3) is 4.20. The number of nitrogens with one attached hydrogen (secondary N) is 1. The first-order chi connectivity index (χ1) is 15.2. The van der Waals surface area contributed by atoms with Gasteiger partial charge in [0.25, 0.3) is 5.91 Å². The van der Waals surface area contributed by atoms with E-state index in [4.69, 9.17) is 14.7 Å². The number of anilines is 1. The van der Waals surface area contributed by atoms with Crippen molar-refractivity contribution in [2.45, 2.75) is 45.7 Å². The van der Waals surface area contributed by atoms with Gasteiger partial charge in [-0.15, -0.1) is 0 Å². The molecule has 1 aromatic carbocycles. The molecular formula is C24H29N5O2. The number of carbonyl (C=O) groups excluding carboxylic acids is 1. The van der Waals surface area contributed by atoms with Gasteiger partial charge in [0.15, 0.2) is 5.65 Å². The molecule has 4 heterocycles. The molecule has 2 aliphatic heterocycles. The summed E-state index contributed by atoms with van der Waals surface area (Å²) in [5, 5.41) is 3.15. The van der Waals surface area contributed by atoms with Gasteiger partial charge in [0.1, 0.15) is 11.3 Å². The number of hydrogen-bond acceptors (Lipinski definition) is 5. The second kappa shape index (κ2) is 8.77. The summed E-state index contributed by atoms with van der Waals surface area (Å²) in [6.07, 6.45) is 4.42. The number of aryl methyl sites for hydroxylation is 3. The number of para-hydroxylation sites is 1. The number of ether oxygens (including phenoxy) is 1. The highest BCUT2D eigenvalue weighted by Crippen LogP contribution is 2.25. The number of benzene rings is 1. The Morgan fingerprint density at radius 2 is 1.94 bits per heavy atom. The first-order valence-corrected chi connectivity index (χ1v) is 11.2. The maximum atomic E-state index is 13.4. The minimum Gasteiger partial charge on any atom is -0.379 e. The van der Waals surface area contributed by atoms with E-state index >= 15 is 0 Å². The second-order valence-electron chi connectivity index (χ2n) is 8.47. The molecule has 7 heteroatoms. The van der Waals surface area contributed by atoms with E-state index in [0.717, 1.165) is 87.1 Å². The van der Waals surface area contributed by atoms with Crippen LogP contribution in [-0.4, -0.2) is 51.6 Å². The molecule has 2 aromatic heterocycles. The molecule has 0 spiro atoms. The lowest BCUT2D eigenvalue weighted by atomic mass is 10.1. The van der Waals surface area contributed by atoms with Crippen LogP contribution in [0.4, 0.5) is 5.69 Å². The molecule has 7 nitrogen and oxygen atoms in total. The summed E-state index contributed by atoms with van der Waals surface area (Å²) in [4.78, 5) is 25.3. The first-order valence-electron chi connectivity index (χ1n) is 11.2. The van der Waals surface area contributed by atoms with E-state index in [1.165, 1.54) is 6.42 Å². The van der Waals surface area contributed by atoms with E-state index in [9.17, 15) is 4.79 Å². The molecule has 31 heavy (non-hydrogen) atoms. The molecule has 0 unspecified atom stereocenters. The van der Waals surface area contributed by atoms with Crippen molar-refractivity contribution >= 4 is 22.8 Å². The molecule has 0 radical (unpaired) electrons. The zero-order valence-corrected chi connectivity index (χ0v) is 18.1. The average Bonchev–Trinajstić information content (AvgIpc) is 2.96. The average molecular weight is 420 g/mol. The molecule has 1 saturated heterocycles. The monoisotopic (exact) mass is 419 g/mol. The van der Waals surface area contributed by atoms with Gasteiger partial charge in [-0.05, 0) is 37.5 Å².